The van der Waals surface area contributed by atoms with Crippen LogP contribution in [0.3, 0.4) is 0 Å². The molecule has 0 aliphatic rings. The zero-order valence-corrected chi connectivity index (χ0v) is 18.5. The molecule has 0 heterocycles. The van der Waals surface area contributed by atoms with Crippen LogP contribution < -0.4 is 0 Å². The van der Waals surface area contributed by atoms with Crippen molar-refractivity contribution in [1.82, 2.24) is 0 Å². The highest BCUT2D eigenvalue weighted by molar-refractivity contribution is 6.16. The first-order valence-corrected chi connectivity index (χ1v) is 11.4. The number of allylic oxidation sites excluding steroid dienone is 2. The van der Waals surface area contributed by atoms with Gasteiger partial charge in [0, 0.05) is 6.42 Å². The zero-order chi connectivity index (χ0) is 21.0. The molecule has 4 nitrogen and oxygen atoms in total. The van der Waals surface area contributed by atoms with E-state index in [9.17, 15) is 14.4 Å². The molecule has 0 N–H and O–H groups in total. The minimum Gasteiger partial charge on any atom is -0.465 e. The molecule has 0 saturated heterocycles. The summed E-state index contributed by atoms with van der Waals surface area (Å²) in [4.78, 5) is 35.4. The Labute approximate surface area is 172 Å². The average molecular weight is 395 g/mol. The summed E-state index contributed by atoms with van der Waals surface area (Å²) in [5.74, 6) is -2.65. The van der Waals surface area contributed by atoms with Crippen LogP contribution in [0.25, 0.3) is 0 Å². The second-order valence-corrected chi connectivity index (χ2v) is 7.60. The molecule has 1 unspecified atom stereocenters. The summed E-state index contributed by atoms with van der Waals surface area (Å²) in [5, 5.41) is 0. The van der Waals surface area contributed by atoms with E-state index >= 15 is 0 Å². The van der Waals surface area contributed by atoms with Crippen molar-refractivity contribution in [2.24, 2.45) is 5.92 Å². The summed E-state index contributed by atoms with van der Waals surface area (Å²) in [6.45, 7) is 5.38. The zero-order valence-electron chi connectivity index (χ0n) is 18.5. The molecule has 4 heteroatoms. The van der Waals surface area contributed by atoms with Crippen LogP contribution in [-0.4, -0.2) is 24.1 Å². The van der Waals surface area contributed by atoms with Crippen LogP contribution in [0.4, 0.5) is 0 Å². The van der Waals surface area contributed by atoms with Gasteiger partial charge in [0.05, 0.1) is 6.61 Å². The Hall–Kier alpha value is -1.45. The quantitative estimate of drug-likeness (QED) is 0.111. The fraction of sp³-hybridized carbons (Fsp3) is 0.792. The molecule has 0 aromatic heterocycles. The number of carbonyl (C=O) groups excluding carboxylic acids is 3. The minimum atomic E-state index is -1.23. The van der Waals surface area contributed by atoms with Gasteiger partial charge in [-0.15, -0.1) is 0 Å². The first-order chi connectivity index (χ1) is 13.5. The number of carbonyl (C=O) groups is 3. The van der Waals surface area contributed by atoms with Gasteiger partial charge in [0.25, 0.3) is 0 Å². The highest BCUT2D eigenvalue weighted by Gasteiger charge is 2.31. The Morgan fingerprint density at radius 1 is 0.750 bits per heavy atom. The fourth-order valence-corrected chi connectivity index (χ4v) is 3.26. The van der Waals surface area contributed by atoms with Crippen LogP contribution in [0.15, 0.2) is 12.2 Å². The van der Waals surface area contributed by atoms with Gasteiger partial charge in [0.1, 0.15) is 0 Å². The molecule has 0 bridgehead atoms. The molecule has 0 spiro atoms. The van der Waals surface area contributed by atoms with Crippen LogP contribution in [0.1, 0.15) is 111 Å². The van der Waals surface area contributed by atoms with E-state index in [0.717, 1.165) is 32.1 Å². The van der Waals surface area contributed by atoms with Crippen molar-refractivity contribution >= 4 is 17.5 Å². The van der Waals surface area contributed by atoms with Crippen molar-refractivity contribution in [2.45, 2.75) is 111 Å². The highest BCUT2D eigenvalue weighted by atomic mass is 16.5. The van der Waals surface area contributed by atoms with Gasteiger partial charge in [-0.05, 0) is 46.0 Å². The topological polar surface area (TPSA) is 60.4 Å². The van der Waals surface area contributed by atoms with Gasteiger partial charge in [-0.2, -0.15) is 0 Å². The van der Waals surface area contributed by atoms with Crippen molar-refractivity contribution < 1.29 is 19.1 Å². The van der Waals surface area contributed by atoms with Gasteiger partial charge >= 0.3 is 5.97 Å². The lowest BCUT2D eigenvalue weighted by molar-refractivity contribution is -0.154. The fourth-order valence-electron chi connectivity index (χ4n) is 3.26. The summed E-state index contributed by atoms with van der Waals surface area (Å²) in [6.07, 6.45) is 20.4. The first-order valence-electron chi connectivity index (χ1n) is 11.4. The molecule has 1 atom stereocenters. The summed E-state index contributed by atoms with van der Waals surface area (Å²) < 4.78 is 4.83. The molecule has 0 aromatic rings. The number of ether oxygens (including phenoxy) is 1. The number of unbranched alkanes of at least 4 members (excludes halogenated alkanes) is 11. The number of Topliss-reactive ketones (excluding diaryl/α,β-unsaturated/α-hetero) is 2. The van der Waals surface area contributed by atoms with Gasteiger partial charge in [0.15, 0.2) is 17.5 Å². The summed E-state index contributed by atoms with van der Waals surface area (Å²) in [7, 11) is 0. The van der Waals surface area contributed by atoms with Crippen LogP contribution in [0, 0.1) is 5.92 Å². The Bertz CT molecular complexity index is 454. The molecule has 0 saturated carbocycles. The van der Waals surface area contributed by atoms with Crippen LogP contribution in [-0.2, 0) is 19.1 Å². The van der Waals surface area contributed by atoms with E-state index in [-0.39, 0.29) is 18.8 Å². The molecule has 162 valence electrons. The second kappa shape index (κ2) is 18.9. The third-order valence-electron chi connectivity index (χ3n) is 4.94. The SMILES string of the molecule is CCCCCCCC/C=C\CCCCCCCC(=O)C(C(C)=O)C(=O)OCC. The summed E-state index contributed by atoms with van der Waals surface area (Å²) in [6, 6.07) is 0. The van der Waals surface area contributed by atoms with Gasteiger partial charge in [-0.1, -0.05) is 70.4 Å². The Balaban J connectivity index is 3.62. The van der Waals surface area contributed by atoms with Crippen LogP contribution in [0.5, 0.6) is 0 Å². The standard InChI is InChI=1S/C24H42O4/c1-4-6-7-8-9-10-11-12-13-14-15-16-17-18-19-20-22(26)23(21(3)25)24(27)28-5-2/h12-13,23H,4-11,14-20H2,1-3H3/b13-12-. The Kier molecular flexibility index (Phi) is 17.9. The largest absolute Gasteiger partial charge is 0.465 e. The number of hydrogen-bond acceptors (Lipinski definition) is 4. The van der Waals surface area contributed by atoms with E-state index in [1.165, 1.54) is 58.3 Å². The number of rotatable bonds is 19. The molecular formula is C24H42O4. The lowest BCUT2D eigenvalue weighted by atomic mass is 9.95. The van der Waals surface area contributed by atoms with Crippen molar-refractivity contribution in [1.29, 1.82) is 0 Å². The van der Waals surface area contributed by atoms with Crippen LogP contribution in [0.2, 0.25) is 0 Å². The van der Waals surface area contributed by atoms with Gasteiger partial charge in [0.2, 0.25) is 0 Å². The van der Waals surface area contributed by atoms with Gasteiger partial charge < -0.3 is 4.74 Å². The van der Waals surface area contributed by atoms with E-state index < -0.39 is 17.7 Å². The Morgan fingerprint density at radius 2 is 1.25 bits per heavy atom. The maximum absolute atomic E-state index is 12.1. The Morgan fingerprint density at radius 3 is 1.75 bits per heavy atom. The minimum absolute atomic E-state index is 0.184. The third kappa shape index (κ3) is 14.6. The molecule has 0 aliphatic carbocycles. The van der Waals surface area contributed by atoms with Crippen molar-refractivity contribution in [3.63, 3.8) is 0 Å². The van der Waals surface area contributed by atoms with Gasteiger partial charge in [-0.25, -0.2) is 0 Å². The molecule has 0 fully saturated rings. The maximum Gasteiger partial charge on any atom is 0.324 e. The van der Waals surface area contributed by atoms with E-state index in [1.807, 2.05) is 0 Å². The van der Waals surface area contributed by atoms with E-state index in [0.29, 0.717) is 0 Å². The lowest BCUT2D eigenvalue weighted by Gasteiger charge is -2.11. The molecule has 0 aromatic carbocycles. The lowest BCUT2D eigenvalue weighted by Crippen LogP contribution is -2.32. The van der Waals surface area contributed by atoms with E-state index in [4.69, 9.17) is 4.74 Å². The predicted molar refractivity (Wildman–Crippen MR) is 115 cm³/mol. The molecule has 0 rings (SSSR count). The molecule has 0 radical (unpaired) electrons. The molecule has 0 aliphatic heterocycles. The number of ketones is 2. The summed E-state index contributed by atoms with van der Waals surface area (Å²) >= 11 is 0. The first kappa shape index (κ1) is 26.6. The van der Waals surface area contributed by atoms with Gasteiger partial charge in [-0.3, -0.25) is 14.4 Å². The van der Waals surface area contributed by atoms with Crippen molar-refractivity contribution in [3.8, 4) is 0 Å². The highest BCUT2D eigenvalue weighted by Crippen LogP contribution is 2.13. The van der Waals surface area contributed by atoms with Crippen molar-refractivity contribution in [3.05, 3.63) is 12.2 Å². The monoisotopic (exact) mass is 394 g/mol. The summed E-state index contributed by atoms with van der Waals surface area (Å²) in [5.41, 5.74) is 0. The molecule has 0 amide bonds. The molecular weight excluding hydrogens is 352 g/mol. The number of esters is 1. The van der Waals surface area contributed by atoms with E-state index in [2.05, 4.69) is 19.1 Å². The smallest absolute Gasteiger partial charge is 0.324 e. The van der Waals surface area contributed by atoms with Crippen molar-refractivity contribution in [2.75, 3.05) is 6.61 Å². The number of hydrogen-bond donors (Lipinski definition) is 0. The normalized spacial score (nSPS) is 12.2. The third-order valence-corrected chi connectivity index (χ3v) is 4.94. The predicted octanol–water partition coefficient (Wildman–Crippen LogP) is 6.36. The van der Waals surface area contributed by atoms with E-state index in [1.54, 1.807) is 6.92 Å². The second-order valence-electron chi connectivity index (χ2n) is 7.60. The molecule has 28 heavy (non-hydrogen) atoms. The average Bonchev–Trinajstić information content (AvgIpc) is 2.65. The maximum atomic E-state index is 12.1. The van der Waals surface area contributed by atoms with Crippen LogP contribution >= 0.6 is 0 Å².